The van der Waals surface area contributed by atoms with Gasteiger partial charge in [0.1, 0.15) is 0 Å². The van der Waals surface area contributed by atoms with Crippen LogP contribution in [0.25, 0.3) is 0 Å². The van der Waals surface area contributed by atoms with E-state index < -0.39 is 0 Å². The van der Waals surface area contributed by atoms with Gasteiger partial charge in [0, 0.05) is 6.04 Å². The highest BCUT2D eigenvalue weighted by Crippen LogP contribution is 2.20. The van der Waals surface area contributed by atoms with E-state index in [4.69, 9.17) is 5.73 Å². The van der Waals surface area contributed by atoms with Crippen LogP contribution in [0.4, 0.5) is 0 Å². The van der Waals surface area contributed by atoms with Gasteiger partial charge in [0.2, 0.25) is 0 Å². The summed E-state index contributed by atoms with van der Waals surface area (Å²) in [7, 11) is 0. The second-order valence-corrected chi connectivity index (χ2v) is 4.66. The lowest BCUT2D eigenvalue weighted by Crippen LogP contribution is -2.36. The highest BCUT2D eigenvalue weighted by molar-refractivity contribution is 5.16. The Hall–Kier alpha value is -0.820. The summed E-state index contributed by atoms with van der Waals surface area (Å²) in [6, 6.07) is 10.6. The predicted molar refractivity (Wildman–Crippen MR) is 57.6 cm³/mol. The summed E-state index contributed by atoms with van der Waals surface area (Å²) in [6.07, 6.45) is 0.963. The second kappa shape index (κ2) is 3.93. The average Bonchev–Trinajstić information content (AvgIpc) is 2.04. The lowest BCUT2D eigenvalue weighted by atomic mass is 9.84. The van der Waals surface area contributed by atoms with E-state index in [0.29, 0.717) is 0 Å². The summed E-state index contributed by atoms with van der Waals surface area (Å²) in [4.78, 5) is 0. The third-order valence-electron chi connectivity index (χ3n) is 2.41. The van der Waals surface area contributed by atoms with E-state index in [2.05, 4.69) is 45.0 Å². The molecule has 0 amide bonds. The quantitative estimate of drug-likeness (QED) is 0.738. The molecule has 1 aromatic carbocycles. The van der Waals surface area contributed by atoms with Gasteiger partial charge in [0.05, 0.1) is 0 Å². The third-order valence-corrected chi connectivity index (χ3v) is 2.41. The van der Waals surface area contributed by atoms with Crippen LogP contribution in [0.2, 0.25) is 0 Å². The monoisotopic (exact) mass is 177 g/mol. The fourth-order valence-corrected chi connectivity index (χ4v) is 1.17. The molecule has 0 saturated carbocycles. The maximum Gasteiger partial charge on any atom is 0.0128 e. The number of rotatable bonds is 2. The van der Waals surface area contributed by atoms with Crippen molar-refractivity contribution in [2.45, 2.75) is 33.2 Å². The standard InChI is InChI=1S/C12H19N/c1-12(2,3)11(13)9-10-7-5-4-6-8-10/h4-8,11H,9,13H2,1-3H3/t11-/m1/s1. The Morgan fingerprint density at radius 1 is 1.15 bits per heavy atom. The number of hydrogen-bond donors (Lipinski definition) is 1. The van der Waals surface area contributed by atoms with Gasteiger partial charge in [0.15, 0.2) is 0 Å². The molecule has 1 atom stereocenters. The zero-order valence-electron chi connectivity index (χ0n) is 8.75. The molecule has 0 aliphatic heterocycles. The van der Waals surface area contributed by atoms with Gasteiger partial charge in [-0.3, -0.25) is 0 Å². The van der Waals surface area contributed by atoms with Gasteiger partial charge in [-0.15, -0.1) is 0 Å². The highest BCUT2D eigenvalue weighted by Gasteiger charge is 2.20. The first-order chi connectivity index (χ1) is 6.00. The van der Waals surface area contributed by atoms with Gasteiger partial charge in [-0.1, -0.05) is 51.1 Å². The van der Waals surface area contributed by atoms with Crippen LogP contribution in [0.15, 0.2) is 30.3 Å². The van der Waals surface area contributed by atoms with Crippen molar-refractivity contribution in [1.82, 2.24) is 0 Å². The molecule has 0 unspecified atom stereocenters. The van der Waals surface area contributed by atoms with Gasteiger partial charge in [-0.25, -0.2) is 0 Å². The molecule has 0 spiro atoms. The largest absolute Gasteiger partial charge is 0.327 e. The Balaban J connectivity index is 2.61. The minimum Gasteiger partial charge on any atom is -0.327 e. The first-order valence-electron chi connectivity index (χ1n) is 4.79. The van der Waals surface area contributed by atoms with E-state index >= 15 is 0 Å². The van der Waals surface area contributed by atoms with Crippen molar-refractivity contribution in [1.29, 1.82) is 0 Å². The van der Waals surface area contributed by atoms with Crippen LogP contribution in [0.1, 0.15) is 26.3 Å². The zero-order valence-corrected chi connectivity index (χ0v) is 8.75. The Morgan fingerprint density at radius 2 is 1.69 bits per heavy atom. The van der Waals surface area contributed by atoms with Crippen molar-refractivity contribution >= 4 is 0 Å². The molecule has 2 N–H and O–H groups in total. The lowest BCUT2D eigenvalue weighted by molar-refractivity contribution is 0.318. The Morgan fingerprint density at radius 3 is 2.15 bits per heavy atom. The van der Waals surface area contributed by atoms with Gasteiger partial charge in [-0.05, 0) is 17.4 Å². The topological polar surface area (TPSA) is 26.0 Å². The van der Waals surface area contributed by atoms with Crippen LogP contribution in [-0.2, 0) is 6.42 Å². The van der Waals surface area contributed by atoms with E-state index in [1.54, 1.807) is 0 Å². The number of nitrogens with two attached hydrogens (primary N) is 1. The Kier molecular flexibility index (Phi) is 3.10. The van der Waals surface area contributed by atoms with Gasteiger partial charge in [-0.2, -0.15) is 0 Å². The summed E-state index contributed by atoms with van der Waals surface area (Å²) < 4.78 is 0. The molecule has 0 aliphatic rings. The summed E-state index contributed by atoms with van der Waals surface area (Å²) >= 11 is 0. The molecule has 0 heterocycles. The minimum atomic E-state index is 0.190. The molecule has 13 heavy (non-hydrogen) atoms. The van der Waals surface area contributed by atoms with E-state index in [1.165, 1.54) is 5.56 Å². The molecule has 0 bridgehead atoms. The van der Waals surface area contributed by atoms with Crippen molar-refractivity contribution in [3.05, 3.63) is 35.9 Å². The fourth-order valence-electron chi connectivity index (χ4n) is 1.17. The van der Waals surface area contributed by atoms with Gasteiger partial charge < -0.3 is 5.73 Å². The maximum absolute atomic E-state index is 6.08. The third kappa shape index (κ3) is 3.19. The van der Waals surface area contributed by atoms with Crippen LogP contribution in [-0.4, -0.2) is 6.04 Å². The van der Waals surface area contributed by atoms with E-state index in [0.717, 1.165) is 6.42 Å². The fraction of sp³-hybridized carbons (Fsp3) is 0.500. The lowest BCUT2D eigenvalue weighted by Gasteiger charge is -2.27. The van der Waals surface area contributed by atoms with Crippen LogP contribution in [0.3, 0.4) is 0 Å². The first kappa shape index (κ1) is 10.3. The first-order valence-corrected chi connectivity index (χ1v) is 4.79. The van der Waals surface area contributed by atoms with Gasteiger partial charge in [0.25, 0.3) is 0 Å². The molecule has 1 aromatic rings. The van der Waals surface area contributed by atoms with E-state index in [-0.39, 0.29) is 11.5 Å². The van der Waals surface area contributed by atoms with Crippen LogP contribution < -0.4 is 5.73 Å². The van der Waals surface area contributed by atoms with Crippen LogP contribution >= 0.6 is 0 Å². The summed E-state index contributed by atoms with van der Waals surface area (Å²) in [6.45, 7) is 6.54. The summed E-state index contributed by atoms with van der Waals surface area (Å²) in [5.41, 5.74) is 7.60. The van der Waals surface area contributed by atoms with Crippen molar-refractivity contribution in [2.24, 2.45) is 11.1 Å². The number of benzene rings is 1. The van der Waals surface area contributed by atoms with Crippen LogP contribution in [0.5, 0.6) is 0 Å². The molecule has 0 fully saturated rings. The molecule has 0 radical (unpaired) electrons. The van der Waals surface area contributed by atoms with E-state index in [9.17, 15) is 0 Å². The van der Waals surface area contributed by atoms with E-state index in [1.807, 2.05) is 6.07 Å². The zero-order chi connectivity index (χ0) is 9.90. The molecule has 0 saturated heterocycles. The Bertz CT molecular complexity index is 246. The molecule has 1 rings (SSSR count). The Labute approximate surface area is 81.0 Å². The number of hydrogen-bond acceptors (Lipinski definition) is 1. The second-order valence-electron chi connectivity index (χ2n) is 4.66. The normalized spacial score (nSPS) is 14.2. The van der Waals surface area contributed by atoms with Crippen molar-refractivity contribution in [2.75, 3.05) is 0 Å². The maximum atomic E-state index is 6.08. The molecule has 72 valence electrons. The molecule has 0 aromatic heterocycles. The van der Waals surface area contributed by atoms with Crippen molar-refractivity contribution < 1.29 is 0 Å². The minimum absolute atomic E-state index is 0.190. The highest BCUT2D eigenvalue weighted by atomic mass is 14.7. The smallest absolute Gasteiger partial charge is 0.0128 e. The molecule has 0 aliphatic carbocycles. The van der Waals surface area contributed by atoms with Crippen LogP contribution in [0, 0.1) is 5.41 Å². The summed E-state index contributed by atoms with van der Waals surface area (Å²) in [5, 5.41) is 0. The van der Waals surface area contributed by atoms with Gasteiger partial charge >= 0.3 is 0 Å². The molecule has 1 heteroatoms. The molecular formula is C12H19N. The van der Waals surface area contributed by atoms with Crippen molar-refractivity contribution in [3.8, 4) is 0 Å². The summed E-state index contributed by atoms with van der Waals surface area (Å²) in [5.74, 6) is 0. The average molecular weight is 177 g/mol. The van der Waals surface area contributed by atoms with Crippen molar-refractivity contribution in [3.63, 3.8) is 0 Å². The SMILES string of the molecule is CC(C)(C)[C@H](N)Cc1ccccc1. The molecular weight excluding hydrogens is 158 g/mol. The molecule has 1 nitrogen and oxygen atoms in total. The predicted octanol–water partition coefficient (Wildman–Crippen LogP) is 2.60.